The van der Waals surface area contributed by atoms with Gasteiger partial charge >= 0.3 is 0 Å². The third-order valence-corrected chi connectivity index (χ3v) is 5.58. The fourth-order valence-electron chi connectivity index (χ4n) is 3.54. The number of likely N-dealkylation sites (tertiary alicyclic amines) is 1. The van der Waals surface area contributed by atoms with Crippen molar-refractivity contribution in [2.45, 2.75) is 18.6 Å². The van der Waals surface area contributed by atoms with Crippen LogP contribution in [0.4, 0.5) is 0 Å². The van der Waals surface area contributed by atoms with Crippen molar-refractivity contribution in [1.82, 2.24) is 15.0 Å². The Kier molecular flexibility index (Phi) is 4.39. The Labute approximate surface area is 154 Å². The molecule has 1 spiro atoms. The molecule has 2 aromatic rings. The topological polar surface area (TPSA) is 58.8 Å². The first-order valence-corrected chi connectivity index (χ1v) is 9.24. The standard InChI is InChI=1S/C18H20BrN3O3/c1-21-8-6-18(7-9-21)22(10-11-24-18)17(23)15-12-16(25-20-15)13-2-4-14(19)5-3-13/h2-5,12H,6-11H2,1H3. The lowest BCUT2D eigenvalue weighted by molar-refractivity contribution is -0.102. The molecule has 1 amide bonds. The molecule has 25 heavy (non-hydrogen) atoms. The molecule has 0 radical (unpaired) electrons. The van der Waals surface area contributed by atoms with Gasteiger partial charge in [-0.15, -0.1) is 0 Å². The zero-order valence-corrected chi connectivity index (χ0v) is 15.7. The molecular weight excluding hydrogens is 386 g/mol. The SMILES string of the molecule is CN1CCC2(CC1)OCCN2C(=O)c1cc(-c2ccc(Br)cc2)on1. The smallest absolute Gasteiger partial charge is 0.278 e. The first kappa shape index (κ1) is 16.8. The number of carbonyl (C=O) groups excluding carboxylic acids is 1. The number of rotatable bonds is 2. The van der Waals surface area contributed by atoms with Gasteiger partial charge in [0.15, 0.2) is 11.5 Å². The van der Waals surface area contributed by atoms with Gasteiger partial charge in [-0.1, -0.05) is 33.2 Å². The van der Waals surface area contributed by atoms with E-state index in [9.17, 15) is 4.79 Å². The van der Waals surface area contributed by atoms with Crippen LogP contribution in [0.2, 0.25) is 0 Å². The van der Waals surface area contributed by atoms with Gasteiger partial charge in [0.25, 0.3) is 5.91 Å². The van der Waals surface area contributed by atoms with E-state index < -0.39 is 5.72 Å². The van der Waals surface area contributed by atoms with E-state index in [0.717, 1.165) is 36.0 Å². The van der Waals surface area contributed by atoms with Crippen LogP contribution in [0.3, 0.4) is 0 Å². The molecule has 0 unspecified atom stereocenters. The molecule has 0 saturated carbocycles. The minimum Gasteiger partial charge on any atom is -0.355 e. The van der Waals surface area contributed by atoms with Crippen LogP contribution in [0.5, 0.6) is 0 Å². The molecule has 0 bridgehead atoms. The van der Waals surface area contributed by atoms with Crippen molar-refractivity contribution in [2.24, 2.45) is 0 Å². The number of ether oxygens (including phenoxy) is 1. The van der Waals surface area contributed by atoms with E-state index in [1.807, 2.05) is 29.2 Å². The Bertz CT molecular complexity index is 766. The lowest BCUT2D eigenvalue weighted by atomic mass is 9.99. The van der Waals surface area contributed by atoms with E-state index in [1.54, 1.807) is 6.07 Å². The number of hydrogen-bond acceptors (Lipinski definition) is 5. The summed E-state index contributed by atoms with van der Waals surface area (Å²) in [6.45, 7) is 3.02. The van der Waals surface area contributed by atoms with E-state index in [1.165, 1.54) is 0 Å². The first-order chi connectivity index (χ1) is 12.1. The molecule has 2 aliphatic heterocycles. The Hall–Kier alpha value is -1.70. The van der Waals surface area contributed by atoms with Gasteiger partial charge in [0, 0.05) is 48.6 Å². The van der Waals surface area contributed by atoms with Crippen molar-refractivity contribution in [3.05, 3.63) is 40.5 Å². The zero-order valence-electron chi connectivity index (χ0n) is 14.1. The molecule has 3 heterocycles. The largest absolute Gasteiger partial charge is 0.355 e. The summed E-state index contributed by atoms with van der Waals surface area (Å²) in [6, 6.07) is 9.43. The maximum Gasteiger partial charge on any atom is 0.278 e. The van der Waals surface area contributed by atoms with Gasteiger partial charge in [-0.25, -0.2) is 0 Å². The molecule has 0 aliphatic carbocycles. The fourth-order valence-corrected chi connectivity index (χ4v) is 3.81. The van der Waals surface area contributed by atoms with Crippen molar-refractivity contribution < 1.29 is 14.1 Å². The number of aromatic nitrogens is 1. The Morgan fingerprint density at radius 2 is 1.92 bits per heavy atom. The number of benzene rings is 1. The Morgan fingerprint density at radius 1 is 1.20 bits per heavy atom. The minimum absolute atomic E-state index is 0.117. The number of carbonyl (C=O) groups is 1. The highest BCUT2D eigenvalue weighted by Gasteiger charge is 2.47. The molecule has 6 nitrogen and oxygen atoms in total. The molecule has 7 heteroatoms. The fraction of sp³-hybridized carbons (Fsp3) is 0.444. The summed E-state index contributed by atoms with van der Waals surface area (Å²) < 4.78 is 12.4. The maximum absolute atomic E-state index is 13.0. The summed E-state index contributed by atoms with van der Waals surface area (Å²) in [6.07, 6.45) is 1.65. The second-order valence-corrected chi connectivity index (χ2v) is 7.55. The number of hydrogen-bond donors (Lipinski definition) is 0. The average Bonchev–Trinajstić information content (AvgIpc) is 3.26. The molecule has 1 aromatic heterocycles. The summed E-state index contributed by atoms with van der Waals surface area (Å²) >= 11 is 3.41. The van der Waals surface area contributed by atoms with Crippen molar-refractivity contribution in [1.29, 1.82) is 0 Å². The lowest BCUT2D eigenvalue weighted by Gasteiger charge is -2.42. The van der Waals surface area contributed by atoms with E-state index >= 15 is 0 Å². The number of amides is 1. The Balaban J connectivity index is 1.56. The van der Waals surface area contributed by atoms with Crippen molar-refractivity contribution in [3.63, 3.8) is 0 Å². The molecular formula is C18H20BrN3O3. The van der Waals surface area contributed by atoms with Gasteiger partial charge in [-0.2, -0.15) is 0 Å². The van der Waals surface area contributed by atoms with E-state index in [-0.39, 0.29) is 5.91 Å². The maximum atomic E-state index is 13.0. The third-order valence-electron chi connectivity index (χ3n) is 5.05. The van der Waals surface area contributed by atoms with Gasteiger partial charge in [0.2, 0.25) is 0 Å². The van der Waals surface area contributed by atoms with Gasteiger partial charge in [0.1, 0.15) is 5.72 Å². The Morgan fingerprint density at radius 3 is 2.64 bits per heavy atom. The third kappa shape index (κ3) is 3.12. The van der Waals surface area contributed by atoms with Crippen LogP contribution in [-0.4, -0.2) is 59.9 Å². The summed E-state index contributed by atoms with van der Waals surface area (Å²) in [5.74, 6) is 0.475. The normalized spacial score (nSPS) is 20.3. The first-order valence-electron chi connectivity index (χ1n) is 8.45. The lowest BCUT2D eigenvalue weighted by Crippen LogP contribution is -2.54. The van der Waals surface area contributed by atoms with E-state index in [2.05, 4.69) is 33.0 Å². The monoisotopic (exact) mass is 405 g/mol. The van der Waals surface area contributed by atoms with Gasteiger partial charge in [-0.05, 0) is 19.2 Å². The van der Waals surface area contributed by atoms with Crippen LogP contribution in [0.15, 0.2) is 39.3 Å². The average molecular weight is 406 g/mol. The number of halogens is 1. The quantitative estimate of drug-likeness (QED) is 0.768. The van der Waals surface area contributed by atoms with Crippen LogP contribution in [0, 0.1) is 0 Å². The molecule has 2 aliphatic rings. The van der Waals surface area contributed by atoms with Gasteiger partial charge < -0.3 is 19.1 Å². The predicted molar refractivity (Wildman–Crippen MR) is 96.1 cm³/mol. The van der Waals surface area contributed by atoms with Crippen LogP contribution >= 0.6 is 15.9 Å². The summed E-state index contributed by atoms with van der Waals surface area (Å²) in [7, 11) is 2.09. The number of piperidine rings is 1. The molecule has 1 aromatic carbocycles. The van der Waals surface area contributed by atoms with Gasteiger partial charge in [0.05, 0.1) is 6.61 Å². The van der Waals surface area contributed by atoms with Crippen LogP contribution in [-0.2, 0) is 4.74 Å². The van der Waals surface area contributed by atoms with Gasteiger partial charge in [-0.3, -0.25) is 4.79 Å². The van der Waals surface area contributed by atoms with Crippen molar-refractivity contribution >= 4 is 21.8 Å². The molecule has 2 fully saturated rings. The second-order valence-electron chi connectivity index (χ2n) is 6.64. The highest BCUT2D eigenvalue weighted by Crippen LogP contribution is 2.35. The van der Waals surface area contributed by atoms with Crippen LogP contribution < -0.4 is 0 Å². The highest BCUT2D eigenvalue weighted by atomic mass is 79.9. The van der Waals surface area contributed by atoms with Crippen LogP contribution in [0.25, 0.3) is 11.3 Å². The highest BCUT2D eigenvalue weighted by molar-refractivity contribution is 9.10. The molecule has 0 N–H and O–H groups in total. The molecule has 4 rings (SSSR count). The number of nitrogens with zero attached hydrogens (tertiary/aromatic N) is 3. The van der Waals surface area contributed by atoms with Crippen LogP contribution in [0.1, 0.15) is 23.3 Å². The van der Waals surface area contributed by atoms with Crippen molar-refractivity contribution in [2.75, 3.05) is 33.3 Å². The zero-order chi connectivity index (χ0) is 17.4. The summed E-state index contributed by atoms with van der Waals surface area (Å²) in [4.78, 5) is 17.1. The second kappa shape index (κ2) is 6.55. The summed E-state index contributed by atoms with van der Waals surface area (Å²) in [5, 5.41) is 4.01. The van der Waals surface area contributed by atoms with E-state index in [4.69, 9.17) is 9.26 Å². The predicted octanol–water partition coefficient (Wildman–Crippen LogP) is 3.00. The minimum atomic E-state index is -0.486. The van der Waals surface area contributed by atoms with E-state index in [0.29, 0.717) is 24.6 Å². The summed E-state index contributed by atoms with van der Waals surface area (Å²) in [5.41, 5.74) is 0.739. The molecule has 2 saturated heterocycles. The molecule has 0 atom stereocenters. The van der Waals surface area contributed by atoms with Crippen molar-refractivity contribution in [3.8, 4) is 11.3 Å². The molecule has 132 valence electrons.